The maximum absolute atomic E-state index is 5.40. The molecule has 0 saturated heterocycles. The summed E-state index contributed by atoms with van der Waals surface area (Å²) in [5.41, 5.74) is 2.17. The van der Waals surface area contributed by atoms with Crippen LogP contribution >= 0.6 is 24.0 Å². The highest BCUT2D eigenvalue weighted by molar-refractivity contribution is 8.23. The highest BCUT2D eigenvalue weighted by Crippen LogP contribution is 2.30. The van der Waals surface area contributed by atoms with Crippen LogP contribution in [-0.2, 0) is 0 Å². The van der Waals surface area contributed by atoms with Crippen molar-refractivity contribution in [3.05, 3.63) is 66.0 Å². The maximum Gasteiger partial charge on any atom is 0.0968 e. The fourth-order valence-electron chi connectivity index (χ4n) is 1.50. The summed E-state index contributed by atoms with van der Waals surface area (Å²) in [5, 5.41) is 0.353. The van der Waals surface area contributed by atoms with E-state index in [1.165, 1.54) is 5.56 Å². The van der Waals surface area contributed by atoms with E-state index in [0.717, 1.165) is 9.89 Å². The van der Waals surface area contributed by atoms with Gasteiger partial charge < -0.3 is 0 Å². The lowest BCUT2D eigenvalue weighted by Crippen LogP contribution is -1.98. The first-order valence-electron chi connectivity index (χ1n) is 5.44. The van der Waals surface area contributed by atoms with E-state index < -0.39 is 0 Å². The predicted molar refractivity (Wildman–Crippen MR) is 78.4 cm³/mol. The zero-order valence-corrected chi connectivity index (χ0v) is 11.2. The Morgan fingerprint density at radius 3 is 2.47 bits per heavy atom. The quantitative estimate of drug-likeness (QED) is 0.765. The molecule has 0 bridgehead atoms. The van der Waals surface area contributed by atoms with Crippen molar-refractivity contribution >= 4 is 28.2 Å². The Morgan fingerprint density at radius 2 is 1.82 bits per heavy atom. The van der Waals surface area contributed by atoms with Gasteiger partial charge in [-0.1, -0.05) is 48.6 Å². The SMILES string of the molecule is CC(SC(=S)c1ccccn1)c1ccccc1. The third kappa shape index (κ3) is 3.38. The van der Waals surface area contributed by atoms with E-state index in [-0.39, 0.29) is 0 Å². The monoisotopic (exact) mass is 259 g/mol. The van der Waals surface area contributed by atoms with Gasteiger partial charge in [-0.2, -0.15) is 0 Å². The molecule has 1 unspecified atom stereocenters. The number of pyridine rings is 1. The van der Waals surface area contributed by atoms with Gasteiger partial charge in [-0.25, -0.2) is 0 Å². The van der Waals surface area contributed by atoms with Gasteiger partial charge in [0, 0.05) is 11.4 Å². The summed E-state index contributed by atoms with van der Waals surface area (Å²) in [4.78, 5) is 4.26. The predicted octanol–water partition coefficient (Wildman–Crippen LogP) is 4.25. The minimum absolute atomic E-state index is 0.353. The number of hydrogen-bond acceptors (Lipinski definition) is 3. The van der Waals surface area contributed by atoms with E-state index >= 15 is 0 Å². The summed E-state index contributed by atoms with van der Waals surface area (Å²) in [6, 6.07) is 16.2. The first-order chi connectivity index (χ1) is 8.27. The Balaban J connectivity index is 2.05. The molecule has 0 aliphatic rings. The average Bonchev–Trinajstić information content (AvgIpc) is 2.40. The third-order valence-electron chi connectivity index (χ3n) is 2.43. The number of rotatable bonds is 3. The molecule has 2 rings (SSSR count). The lowest BCUT2D eigenvalue weighted by molar-refractivity contribution is 1.11. The highest BCUT2D eigenvalue weighted by Gasteiger charge is 2.10. The van der Waals surface area contributed by atoms with E-state index in [9.17, 15) is 0 Å². The van der Waals surface area contributed by atoms with Crippen LogP contribution in [0.25, 0.3) is 0 Å². The van der Waals surface area contributed by atoms with E-state index in [4.69, 9.17) is 12.2 Å². The van der Waals surface area contributed by atoms with Crippen LogP contribution < -0.4 is 0 Å². The summed E-state index contributed by atoms with van der Waals surface area (Å²) >= 11 is 7.07. The van der Waals surface area contributed by atoms with Gasteiger partial charge in [-0.15, -0.1) is 11.8 Å². The van der Waals surface area contributed by atoms with Crippen molar-refractivity contribution in [2.45, 2.75) is 12.2 Å². The normalized spacial score (nSPS) is 12.1. The minimum Gasteiger partial charge on any atom is -0.255 e. The number of hydrogen-bond donors (Lipinski definition) is 0. The zero-order chi connectivity index (χ0) is 12.1. The molecule has 0 fully saturated rings. The van der Waals surface area contributed by atoms with E-state index in [0.29, 0.717) is 5.25 Å². The number of thiocarbonyl (C=S) groups is 1. The topological polar surface area (TPSA) is 12.9 Å². The molecule has 1 aromatic heterocycles. The van der Waals surface area contributed by atoms with Gasteiger partial charge in [0.2, 0.25) is 0 Å². The fraction of sp³-hybridized carbons (Fsp3) is 0.143. The Labute approximate surface area is 111 Å². The van der Waals surface area contributed by atoms with Gasteiger partial charge in [0.1, 0.15) is 0 Å². The highest BCUT2D eigenvalue weighted by atomic mass is 32.2. The summed E-state index contributed by atoms with van der Waals surface area (Å²) in [6.07, 6.45) is 1.77. The van der Waals surface area contributed by atoms with Crippen molar-refractivity contribution in [2.24, 2.45) is 0 Å². The molecule has 2 aromatic rings. The standard InChI is InChI=1S/C14H13NS2/c1-11(12-7-3-2-4-8-12)17-14(16)13-9-5-6-10-15-13/h2-11H,1H3. The lowest BCUT2D eigenvalue weighted by Gasteiger charge is -2.11. The first kappa shape index (κ1) is 12.3. The molecule has 17 heavy (non-hydrogen) atoms. The second-order valence-corrected chi connectivity index (χ2v) is 5.69. The van der Waals surface area contributed by atoms with Crippen molar-refractivity contribution in [1.82, 2.24) is 4.98 Å². The molecule has 0 amide bonds. The Morgan fingerprint density at radius 1 is 1.12 bits per heavy atom. The average molecular weight is 259 g/mol. The van der Waals surface area contributed by atoms with Crippen LogP contribution in [0.5, 0.6) is 0 Å². The molecule has 1 aromatic carbocycles. The molecule has 86 valence electrons. The van der Waals surface area contributed by atoms with Crippen molar-refractivity contribution in [1.29, 1.82) is 0 Å². The minimum atomic E-state index is 0.353. The van der Waals surface area contributed by atoms with Crippen molar-refractivity contribution in [3.8, 4) is 0 Å². The second kappa shape index (κ2) is 5.94. The molecular formula is C14H13NS2. The molecule has 0 aliphatic heterocycles. The Kier molecular flexibility index (Phi) is 4.29. The molecule has 0 saturated carbocycles. The fourth-order valence-corrected chi connectivity index (χ4v) is 2.91. The summed E-state index contributed by atoms with van der Waals surface area (Å²) in [5.74, 6) is 0. The number of aromatic nitrogens is 1. The van der Waals surface area contributed by atoms with Crippen LogP contribution in [0.4, 0.5) is 0 Å². The van der Waals surface area contributed by atoms with E-state index in [2.05, 4.69) is 36.2 Å². The number of benzene rings is 1. The van der Waals surface area contributed by atoms with Crippen LogP contribution in [0.3, 0.4) is 0 Å². The Hall–Kier alpha value is -1.19. The van der Waals surface area contributed by atoms with Gasteiger partial charge in [0.15, 0.2) is 0 Å². The molecule has 1 nitrogen and oxygen atoms in total. The van der Waals surface area contributed by atoms with Crippen LogP contribution in [-0.4, -0.2) is 9.18 Å². The molecule has 3 heteroatoms. The molecule has 0 radical (unpaired) electrons. The van der Waals surface area contributed by atoms with E-state index in [1.807, 2.05) is 24.3 Å². The van der Waals surface area contributed by atoms with Crippen LogP contribution in [0.2, 0.25) is 0 Å². The molecular weight excluding hydrogens is 246 g/mol. The smallest absolute Gasteiger partial charge is 0.0968 e. The third-order valence-corrected chi connectivity index (χ3v) is 3.97. The zero-order valence-electron chi connectivity index (χ0n) is 9.54. The summed E-state index contributed by atoms with van der Waals surface area (Å²) in [6.45, 7) is 2.16. The van der Waals surface area contributed by atoms with Crippen LogP contribution in [0, 0.1) is 0 Å². The summed E-state index contributed by atoms with van der Waals surface area (Å²) < 4.78 is 0.849. The lowest BCUT2D eigenvalue weighted by atomic mass is 10.2. The van der Waals surface area contributed by atoms with Gasteiger partial charge in [0.05, 0.1) is 9.89 Å². The van der Waals surface area contributed by atoms with E-state index in [1.54, 1.807) is 18.0 Å². The van der Waals surface area contributed by atoms with Gasteiger partial charge >= 0.3 is 0 Å². The summed E-state index contributed by atoms with van der Waals surface area (Å²) in [7, 11) is 0. The Bertz CT molecular complexity index is 482. The molecule has 1 heterocycles. The van der Waals surface area contributed by atoms with Crippen molar-refractivity contribution in [2.75, 3.05) is 0 Å². The number of nitrogens with zero attached hydrogens (tertiary/aromatic N) is 1. The van der Waals surface area contributed by atoms with Gasteiger partial charge in [0.25, 0.3) is 0 Å². The number of thioether (sulfide) groups is 1. The van der Waals surface area contributed by atoms with Crippen LogP contribution in [0.1, 0.15) is 23.4 Å². The molecule has 0 aliphatic carbocycles. The van der Waals surface area contributed by atoms with Crippen molar-refractivity contribution in [3.63, 3.8) is 0 Å². The van der Waals surface area contributed by atoms with Crippen LogP contribution in [0.15, 0.2) is 54.7 Å². The van der Waals surface area contributed by atoms with Gasteiger partial charge in [-0.05, 0) is 24.6 Å². The maximum atomic E-state index is 5.40. The molecule has 1 atom stereocenters. The largest absolute Gasteiger partial charge is 0.255 e. The molecule has 0 spiro atoms. The van der Waals surface area contributed by atoms with Gasteiger partial charge in [-0.3, -0.25) is 4.98 Å². The molecule has 0 N–H and O–H groups in total. The second-order valence-electron chi connectivity index (χ2n) is 3.67. The van der Waals surface area contributed by atoms with Crippen molar-refractivity contribution < 1.29 is 0 Å². The first-order valence-corrected chi connectivity index (χ1v) is 6.73.